The highest BCUT2D eigenvalue weighted by atomic mass is 32.2. The molecule has 0 spiro atoms. The number of nitrogens with one attached hydrogen (secondary N) is 1. The van der Waals surface area contributed by atoms with Crippen LogP contribution in [-0.4, -0.2) is 42.3 Å². The summed E-state index contributed by atoms with van der Waals surface area (Å²) >= 11 is 0. The summed E-state index contributed by atoms with van der Waals surface area (Å²) in [5.41, 5.74) is 0.178. The molecule has 1 aliphatic heterocycles. The van der Waals surface area contributed by atoms with Crippen molar-refractivity contribution in [3.05, 3.63) is 52.8 Å². The first-order valence-corrected chi connectivity index (χ1v) is 14.3. The van der Waals surface area contributed by atoms with Gasteiger partial charge >= 0.3 is 0 Å². The molecule has 2 fully saturated rings. The largest absolute Gasteiger partial charge is 0.349 e. The number of allylic oxidation sites excluding steroid dienone is 1. The van der Waals surface area contributed by atoms with E-state index in [-0.39, 0.29) is 21.9 Å². The maximum atomic E-state index is 13.5. The van der Waals surface area contributed by atoms with E-state index in [0.717, 1.165) is 44.9 Å². The van der Waals surface area contributed by atoms with Crippen LogP contribution in [0.2, 0.25) is 0 Å². The number of sulfonamides is 1. The van der Waals surface area contributed by atoms with E-state index in [1.54, 1.807) is 29.0 Å². The Hall–Kier alpha value is -2.45. The number of hydrogen-bond acceptors (Lipinski definition) is 4. The standard InChI is InChI=1S/C27H37N3O4S/c1-4-14-29-18-23(27(32)28-24-11-9-10-19(2)20(24)3)26(31)22-17-21(12-13-25(22)29)35(33,34)30-15-7-5-6-8-16-30/h4,12-13,17-20,24H,1,5-11,14-16H2,2-3H3,(H,28,32)/t19-,20+,24+/m0/s1. The maximum absolute atomic E-state index is 13.5. The fourth-order valence-corrected chi connectivity index (χ4v) is 7.00. The zero-order valence-corrected chi connectivity index (χ0v) is 21.6. The average molecular weight is 500 g/mol. The minimum Gasteiger partial charge on any atom is -0.349 e. The van der Waals surface area contributed by atoms with Crippen molar-refractivity contribution in [2.45, 2.75) is 76.3 Å². The normalized spacial score (nSPS) is 24.1. The number of nitrogens with zero attached hydrogens (tertiary/aromatic N) is 2. The molecule has 0 unspecified atom stereocenters. The van der Waals surface area contributed by atoms with Gasteiger partial charge in [-0.3, -0.25) is 9.59 Å². The van der Waals surface area contributed by atoms with Crippen molar-refractivity contribution in [3.8, 4) is 0 Å². The maximum Gasteiger partial charge on any atom is 0.257 e. The Bertz CT molecular complexity index is 1260. The number of amides is 1. The topological polar surface area (TPSA) is 88.5 Å². The third-order valence-corrected chi connectivity index (χ3v) is 9.74. The number of pyridine rings is 1. The van der Waals surface area contributed by atoms with Gasteiger partial charge in [-0.05, 0) is 49.3 Å². The molecule has 4 rings (SSSR count). The Morgan fingerprint density at radius 2 is 1.83 bits per heavy atom. The predicted octanol–water partition coefficient (Wildman–Crippen LogP) is 4.31. The number of carbonyl (C=O) groups excluding carboxylic acids is 1. The van der Waals surface area contributed by atoms with E-state index in [4.69, 9.17) is 0 Å². The van der Waals surface area contributed by atoms with E-state index in [1.807, 2.05) is 0 Å². The van der Waals surface area contributed by atoms with Crippen molar-refractivity contribution >= 4 is 26.8 Å². The van der Waals surface area contributed by atoms with Crippen molar-refractivity contribution in [1.82, 2.24) is 14.2 Å². The Labute approximate surface area is 208 Å². The summed E-state index contributed by atoms with van der Waals surface area (Å²) in [6.07, 6.45) is 10.1. The summed E-state index contributed by atoms with van der Waals surface area (Å²) < 4.78 is 30.1. The van der Waals surface area contributed by atoms with Crippen molar-refractivity contribution in [1.29, 1.82) is 0 Å². The molecule has 0 bridgehead atoms. The lowest BCUT2D eigenvalue weighted by Crippen LogP contribution is -2.45. The lowest BCUT2D eigenvalue weighted by molar-refractivity contribution is 0.0889. The highest BCUT2D eigenvalue weighted by molar-refractivity contribution is 7.89. The SMILES string of the molecule is C=CCn1cc(C(=O)N[C@@H]2CCC[C@H](C)[C@H]2C)c(=O)c2cc(S(=O)(=O)N3CCCCCC3)ccc21. The zero-order valence-electron chi connectivity index (χ0n) is 20.8. The number of benzene rings is 1. The molecule has 8 heteroatoms. The van der Waals surface area contributed by atoms with Crippen LogP contribution in [0.3, 0.4) is 0 Å². The molecule has 2 heterocycles. The van der Waals surface area contributed by atoms with Crippen molar-refractivity contribution < 1.29 is 13.2 Å². The van der Waals surface area contributed by atoms with Gasteiger partial charge in [-0.25, -0.2) is 8.42 Å². The number of hydrogen-bond donors (Lipinski definition) is 1. The smallest absolute Gasteiger partial charge is 0.257 e. The number of fused-ring (bicyclic) bond motifs is 1. The molecule has 1 saturated heterocycles. The molecular formula is C27H37N3O4S. The summed E-state index contributed by atoms with van der Waals surface area (Å²) in [7, 11) is -3.72. The highest BCUT2D eigenvalue weighted by Gasteiger charge is 2.30. The van der Waals surface area contributed by atoms with Crippen LogP contribution < -0.4 is 10.7 Å². The fraction of sp³-hybridized carbons (Fsp3) is 0.556. The first kappa shape index (κ1) is 25.6. The van der Waals surface area contributed by atoms with Gasteiger partial charge in [0.1, 0.15) is 5.56 Å². The van der Waals surface area contributed by atoms with E-state index in [2.05, 4.69) is 25.7 Å². The monoisotopic (exact) mass is 499 g/mol. The van der Waals surface area contributed by atoms with Crippen molar-refractivity contribution in [2.75, 3.05) is 13.1 Å². The Kier molecular flexibility index (Phi) is 7.81. The predicted molar refractivity (Wildman–Crippen MR) is 139 cm³/mol. The molecule has 2 aliphatic rings. The Morgan fingerprint density at radius 1 is 1.11 bits per heavy atom. The van der Waals surface area contributed by atoms with Gasteiger partial charge in [-0.15, -0.1) is 6.58 Å². The molecule has 1 aliphatic carbocycles. The first-order chi connectivity index (χ1) is 16.7. The van der Waals surface area contributed by atoms with E-state index in [1.165, 1.54) is 10.4 Å². The van der Waals surface area contributed by atoms with Gasteiger partial charge in [-0.1, -0.05) is 45.6 Å². The van der Waals surface area contributed by atoms with Crippen LogP contribution in [0.5, 0.6) is 0 Å². The quantitative estimate of drug-likeness (QED) is 0.600. The fourth-order valence-electron chi connectivity index (χ4n) is 5.45. The van der Waals surface area contributed by atoms with Gasteiger partial charge in [0, 0.05) is 37.3 Å². The third-order valence-electron chi connectivity index (χ3n) is 7.85. The number of aromatic nitrogens is 1. The Balaban J connectivity index is 1.75. The second-order valence-corrected chi connectivity index (χ2v) is 12.1. The van der Waals surface area contributed by atoms with Crippen molar-refractivity contribution in [3.63, 3.8) is 0 Å². The lowest BCUT2D eigenvalue weighted by atomic mass is 9.78. The molecular weight excluding hydrogens is 462 g/mol. The van der Waals surface area contributed by atoms with Crippen molar-refractivity contribution in [2.24, 2.45) is 11.8 Å². The molecule has 1 saturated carbocycles. The summed E-state index contributed by atoms with van der Waals surface area (Å²) in [6, 6.07) is 4.69. The van der Waals surface area contributed by atoms with E-state index < -0.39 is 21.4 Å². The molecule has 3 atom stereocenters. The van der Waals surface area contributed by atoms with Crippen LogP contribution >= 0.6 is 0 Å². The molecule has 1 N–H and O–H groups in total. The minimum absolute atomic E-state index is 0.0175. The van der Waals surface area contributed by atoms with E-state index in [9.17, 15) is 18.0 Å². The number of rotatable bonds is 6. The molecule has 35 heavy (non-hydrogen) atoms. The molecule has 1 amide bonds. The van der Waals surface area contributed by atoms with Crippen LogP contribution in [-0.2, 0) is 16.6 Å². The average Bonchev–Trinajstić information content (AvgIpc) is 3.14. The molecule has 0 radical (unpaired) electrons. The highest BCUT2D eigenvalue weighted by Crippen LogP contribution is 2.30. The lowest BCUT2D eigenvalue weighted by Gasteiger charge is -2.34. The zero-order chi connectivity index (χ0) is 25.2. The Morgan fingerprint density at radius 3 is 2.51 bits per heavy atom. The van der Waals surface area contributed by atoms with Gasteiger partial charge in [0.25, 0.3) is 5.91 Å². The van der Waals surface area contributed by atoms with Crippen LogP contribution in [0, 0.1) is 11.8 Å². The molecule has 1 aromatic carbocycles. The molecule has 2 aromatic rings. The van der Waals surface area contributed by atoms with Crippen LogP contribution in [0.15, 0.2) is 46.7 Å². The summed E-state index contributed by atoms with van der Waals surface area (Å²) in [4.78, 5) is 26.9. The van der Waals surface area contributed by atoms with Gasteiger partial charge in [0.2, 0.25) is 15.5 Å². The van der Waals surface area contributed by atoms with Gasteiger partial charge in [0.05, 0.1) is 10.4 Å². The van der Waals surface area contributed by atoms with Crippen LogP contribution in [0.1, 0.15) is 69.2 Å². The third kappa shape index (κ3) is 5.23. The number of carbonyl (C=O) groups is 1. The van der Waals surface area contributed by atoms with Gasteiger partial charge < -0.3 is 9.88 Å². The molecule has 1 aromatic heterocycles. The van der Waals surface area contributed by atoms with E-state index in [0.29, 0.717) is 37.0 Å². The second-order valence-electron chi connectivity index (χ2n) is 10.2. The summed E-state index contributed by atoms with van der Waals surface area (Å²) in [5, 5.41) is 3.33. The van der Waals surface area contributed by atoms with Crippen LogP contribution in [0.4, 0.5) is 0 Å². The van der Waals surface area contributed by atoms with Gasteiger partial charge in [-0.2, -0.15) is 4.31 Å². The molecule has 190 valence electrons. The first-order valence-electron chi connectivity index (χ1n) is 12.8. The van der Waals surface area contributed by atoms with Gasteiger partial charge in [0.15, 0.2) is 0 Å². The minimum atomic E-state index is -3.72. The second kappa shape index (κ2) is 10.7. The summed E-state index contributed by atoms with van der Waals surface area (Å²) in [6.45, 7) is 9.51. The van der Waals surface area contributed by atoms with Crippen LogP contribution in [0.25, 0.3) is 10.9 Å². The molecule has 7 nitrogen and oxygen atoms in total. The summed E-state index contributed by atoms with van der Waals surface area (Å²) in [5.74, 6) is 0.435. The van der Waals surface area contributed by atoms with E-state index >= 15 is 0 Å².